The van der Waals surface area contributed by atoms with Crippen molar-refractivity contribution in [3.8, 4) is 0 Å². The lowest BCUT2D eigenvalue weighted by molar-refractivity contribution is 0.533. The van der Waals surface area contributed by atoms with E-state index < -0.39 is 0 Å². The van der Waals surface area contributed by atoms with Crippen LogP contribution in [0.4, 0.5) is 0 Å². The van der Waals surface area contributed by atoms with Crippen molar-refractivity contribution in [3.63, 3.8) is 0 Å². The highest BCUT2D eigenvalue weighted by Gasteiger charge is 1.93. The molecule has 0 amide bonds. The quantitative estimate of drug-likeness (QED) is 0.303. The monoisotopic (exact) mass is 283 g/mol. The van der Waals surface area contributed by atoms with Crippen LogP contribution in [0.25, 0.3) is 0 Å². The van der Waals surface area contributed by atoms with Crippen LogP contribution < -0.4 is 5.73 Å². The van der Waals surface area contributed by atoms with E-state index in [9.17, 15) is 0 Å². The summed E-state index contributed by atoms with van der Waals surface area (Å²) in [5, 5.41) is 12.0. The minimum absolute atomic E-state index is 0.873. The second kappa shape index (κ2) is 23.5. The van der Waals surface area contributed by atoms with Crippen LogP contribution in [-0.4, -0.2) is 6.54 Å². The molecule has 0 bridgehead atoms. The Kier molecular flexibility index (Phi) is 25.4. The van der Waals surface area contributed by atoms with Crippen molar-refractivity contribution < 1.29 is 0 Å². The SMILES string of the molecule is CCCCCCCCCCCCCCCCCN.N#N. The van der Waals surface area contributed by atoms with Gasteiger partial charge in [0.25, 0.3) is 0 Å². The maximum Gasteiger partial charge on any atom is 0 e. The van der Waals surface area contributed by atoms with Crippen LogP contribution in [0.5, 0.6) is 0 Å². The fourth-order valence-corrected chi connectivity index (χ4v) is 2.52. The number of nitrogens with two attached hydrogens (primary N) is 1. The van der Waals surface area contributed by atoms with Crippen molar-refractivity contribution in [1.82, 2.24) is 0 Å². The first kappa shape index (κ1) is 21.7. The Bertz CT molecular complexity index is 153. The lowest BCUT2D eigenvalue weighted by Crippen LogP contribution is -1.97. The summed E-state index contributed by atoms with van der Waals surface area (Å²) in [5.41, 5.74) is 5.48. The van der Waals surface area contributed by atoms with Crippen LogP contribution in [0.1, 0.15) is 103 Å². The third-order valence-corrected chi connectivity index (χ3v) is 3.81. The molecule has 0 heterocycles. The first-order valence-electron chi connectivity index (χ1n) is 8.82. The van der Waals surface area contributed by atoms with Gasteiger partial charge >= 0.3 is 0 Å². The van der Waals surface area contributed by atoms with Gasteiger partial charge in [-0.15, -0.1) is 0 Å². The number of unbranched alkanes of at least 4 members (excludes halogenated alkanes) is 14. The summed E-state index contributed by atoms with van der Waals surface area (Å²) in [5.74, 6) is 0. The molecule has 0 aromatic rings. The molecule has 0 fully saturated rings. The molecule has 3 nitrogen and oxygen atoms in total. The minimum atomic E-state index is 0.873. The molecule has 3 heteroatoms. The Morgan fingerprint density at radius 1 is 0.500 bits per heavy atom. The molecule has 120 valence electrons. The molecule has 0 aliphatic carbocycles. The molecular formula is C17H37N3. The molecule has 2 N–H and O–H groups in total. The second-order valence-corrected chi connectivity index (χ2v) is 5.74. The largest absolute Gasteiger partial charge is 0.330 e. The maximum absolute atomic E-state index is 6.00. The summed E-state index contributed by atoms with van der Waals surface area (Å²) in [6.07, 6.45) is 21.4. The van der Waals surface area contributed by atoms with Gasteiger partial charge in [-0.3, -0.25) is 0 Å². The second-order valence-electron chi connectivity index (χ2n) is 5.74. The maximum atomic E-state index is 6.00. The Balaban J connectivity index is 0. The normalized spacial score (nSPS) is 10.0. The number of hydrogen-bond acceptors (Lipinski definition) is 3. The van der Waals surface area contributed by atoms with Gasteiger partial charge in [0.05, 0.1) is 0 Å². The number of nitrogens with zero attached hydrogens (tertiary/aromatic N) is 2. The molecule has 0 aromatic heterocycles. The number of hydrogen-bond donors (Lipinski definition) is 1. The van der Waals surface area contributed by atoms with Gasteiger partial charge in [-0.25, -0.2) is 0 Å². The van der Waals surface area contributed by atoms with Crippen molar-refractivity contribution in [2.75, 3.05) is 6.54 Å². The molecule has 0 unspecified atom stereocenters. The Hall–Kier alpha value is -0.620. The van der Waals surface area contributed by atoms with Crippen LogP contribution in [-0.2, 0) is 0 Å². The van der Waals surface area contributed by atoms with Crippen molar-refractivity contribution in [1.29, 1.82) is 10.8 Å². The first-order chi connectivity index (χ1) is 9.91. The van der Waals surface area contributed by atoms with E-state index in [1.165, 1.54) is 96.3 Å². The van der Waals surface area contributed by atoms with Crippen molar-refractivity contribution >= 4 is 0 Å². The fraction of sp³-hybridized carbons (Fsp3) is 1.00. The van der Waals surface area contributed by atoms with E-state index in [0.29, 0.717) is 0 Å². The van der Waals surface area contributed by atoms with E-state index in [1.807, 2.05) is 0 Å². The van der Waals surface area contributed by atoms with E-state index in [-0.39, 0.29) is 0 Å². The minimum Gasteiger partial charge on any atom is -0.330 e. The molecule has 0 aromatic carbocycles. The van der Waals surface area contributed by atoms with Gasteiger partial charge in [0.15, 0.2) is 0 Å². The van der Waals surface area contributed by atoms with Gasteiger partial charge in [-0.1, -0.05) is 96.8 Å². The predicted octanol–water partition coefficient (Wildman–Crippen LogP) is 5.85. The number of rotatable bonds is 15. The van der Waals surface area contributed by atoms with E-state index in [2.05, 4.69) is 6.92 Å². The average molecular weight is 284 g/mol. The summed E-state index contributed by atoms with van der Waals surface area (Å²) in [6.45, 7) is 3.16. The van der Waals surface area contributed by atoms with Crippen molar-refractivity contribution in [3.05, 3.63) is 0 Å². The standard InChI is InChI=1S/C17H37N.N2/c1-2-3-4-5-6-7-8-9-10-11-12-13-14-15-16-17-18;1-2/h2-18H2,1H3;. The lowest BCUT2D eigenvalue weighted by atomic mass is 10.0. The molecule has 0 rings (SSSR count). The van der Waals surface area contributed by atoms with Crippen LogP contribution in [0.2, 0.25) is 0 Å². The van der Waals surface area contributed by atoms with E-state index >= 15 is 0 Å². The molecule has 20 heavy (non-hydrogen) atoms. The highest BCUT2D eigenvalue weighted by Crippen LogP contribution is 2.13. The fourth-order valence-electron chi connectivity index (χ4n) is 2.52. The Morgan fingerprint density at radius 3 is 1.00 bits per heavy atom. The molecular weight excluding hydrogens is 246 g/mol. The zero-order chi connectivity index (χ0) is 15.3. The Labute approximate surface area is 127 Å². The summed E-state index contributed by atoms with van der Waals surface area (Å²) in [6, 6.07) is 0. The van der Waals surface area contributed by atoms with E-state index in [0.717, 1.165) is 6.54 Å². The van der Waals surface area contributed by atoms with Crippen LogP contribution in [0.15, 0.2) is 0 Å². The highest BCUT2D eigenvalue weighted by molar-refractivity contribution is 4.49. The van der Waals surface area contributed by atoms with Crippen LogP contribution >= 0.6 is 0 Å². The zero-order valence-electron chi connectivity index (χ0n) is 13.8. The van der Waals surface area contributed by atoms with Crippen molar-refractivity contribution in [2.45, 2.75) is 103 Å². The first-order valence-corrected chi connectivity index (χ1v) is 8.82. The summed E-state index contributed by atoms with van der Waals surface area (Å²) in [4.78, 5) is 0. The smallest absolute Gasteiger partial charge is 0 e. The molecule has 0 spiro atoms. The van der Waals surface area contributed by atoms with E-state index in [1.54, 1.807) is 0 Å². The highest BCUT2D eigenvalue weighted by atomic mass is 14.6. The average Bonchev–Trinajstić information content (AvgIpc) is 2.50. The summed E-state index contributed by atoms with van der Waals surface area (Å²) >= 11 is 0. The van der Waals surface area contributed by atoms with Crippen LogP contribution in [0, 0.1) is 10.8 Å². The molecule has 0 aliphatic heterocycles. The topological polar surface area (TPSA) is 73.6 Å². The molecule has 0 aliphatic rings. The third kappa shape index (κ3) is 22.6. The Morgan fingerprint density at radius 2 is 0.750 bits per heavy atom. The van der Waals surface area contributed by atoms with Crippen LogP contribution in [0.3, 0.4) is 0 Å². The molecule has 0 atom stereocenters. The molecule has 0 radical (unpaired) electrons. The van der Waals surface area contributed by atoms with Gasteiger partial charge < -0.3 is 5.73 Å². The lowest BCUT2D eigenvalue weighted by Gasteiger charge is -2.03. The van der Waals surface area contributed by atoms with Crippen molar-refractivity contribution in [2.24, 2.45) is 5.73 Å². The molecule has 0 saturated heterocycles. The van der Waals surface area contributed by atoms with Gasteiger partial charge in [0.1, 0.15) is 0 Å². The van der Waals surface area contributed by atoms with E-state index in [4.69, 9.17) is 16.5 Å². The van der Waals surface area contributed by atoms with Gasteiger partial charge in [-0.05, 0) is 13.0 Å². The van der Waals surface area contributed by atoms with Gasteiger partial charge in [0, 0.05) is 10.8 Å². The van der Waals surface area contributed by atoms with Gasteiger partial charge in [0.2, 0.25) is 0 Å². The van der Waals surface area contributed by atoms with Gasteiger partial charge in [-0.2, -0.15) is 0 Å². The predicted molar refractivity (Wildman–Crippen MR) is 87.4 cm³/mol. The zero-order valence-corrected chi connectivity index (χ0v) is 13.8. The summed E-state index contributed by atoms with van der Waals surface area (Å²) < 4.78 is 0. The third-order valence-electron chi connectivity index (χ3n) is 3.81. The molecule has 0 saturated carbocycles. The summed E-state index contributed by atoms with van der Waals surface area (Å²) in [7, 11) is 0.